The first-order valence-electron chi connectivity index (χ1n) is 8.52. The molecule has 0 aliphatic carbocycles. The molecule has 1 aromatic heterocycles. The van der Waals surface area contributed by atoms with Crippen LogP contribution in [0.15, 0.2) is 18.2 Å². The van der Waals surface area contributed by atoms with Crippen LogP contribution in [0, 0.1) is 0 Å². The number of nitrogens with one attached hydrogen (secondary N) is 1. The fraction of sp³-hybridized carbons (Fsp3) is 0.588. The van der Waals surface area contributed by atoms with E-state index in [0.717, 1.165) is 29.6 Å². The van der Waals surface area contributed by atoms with Gasteiger partial charge >= 0.3 is 10.2 Å². The van der Waals surface area contributed by atoms with Crippen LogP contribution in [0.25, 0.3) is 10.9 Å². The smallest absolute Gasteiger partial charge is 0.302 e. The molecular formula is C17H27N5O2S. The Morgan fingerprint density at radius 3 is 2.32 bits per heavy atom. The lowest BCUT2D eigenvalue weighted by Gasteiger charge is -2.31. The number of anilines is 1. The first-order valence-corrected chi connectivity index (χ1v) is 9.96. The van der Waals surface area contributed by atoms with E-state index in [1.54, 1.807) is 4.68 Å². The van der Waals surface area contributed by atoms with Gasteiger partial charge in [0.05, 0.1) is 5.52 Å². The van der Waals surface area contributed by atoms with Crippen molar-refractivity contribution in [3.8, 4) is 0 Å². The van der Waals surface area contributed by atoms with Gasteiger partial charge in [-0.05, 0) is 24.1 Å². The van der Waals surface area contributed by atoms with E-state index < -0.39 is 10.2 Å². The molecule has 25 heavy (non-hydrogen) atoms. The molecule has 0 saturated carbocycles. The van der Waals surface area contributed by atoms with Gasteiger partial charge in [0.2, 0.25) is 0 Å². The van der Waals surface area contributed by atoms with E-state index >= 15 is 0 Å². The summed E-state index contributed by atoms with van der Waals surface area (Å²) in [6.45, 7) is 8.87. The van der Waals surface area contributed by atoms with Gasteiger partial charge in [-0.25, -0.2) is 0 Å². The van der Waals surface area contributed by atoms with Gasteiger partial charge in [-0.2, -0.15) is 17.8 Å². The van der Waals surface area contributed by atoms with Crippen LogP contribution in [-0.2, 0) is 22.7 Å². The number of fused-ring (bicyclic) bond motifs is 1. The number of aromatic nitrogens is 2. The minimum absolute atomic E-state index is 0.0547. The first-order chi connectivity index (χ1) is 11.6. The van der Waals surface area contributed by atoms with Crippen LogP contribution in [0.5, 0.6) is 0 Å². The molecule has 0 atom stereocenters. The monoisotopic (exact) mass is 365 g/mol. The largest absolute Gasteiger partial charge is 0.304 e. The SMILES string of the molecule is CN1CCN(S(=O)(=O)Nc2nn(C)c3c(C(C)(C)C)cccc23)CC1. The highest BCUT2D eigenvalue weighted by Gasteiger charge is 2.28. The molecule has 1 saturated heterocycles. The Hall–Kier alpha value is -1.64. The van der Waals surface area contributed by atoms with E-state index in [4.69, 9.17) is 0 Å². The van der Waals surface area contributed by atoms with Crippen LogP contribution in [-0.4, -0.2) is 60.6 Å². The average molecular weight is 366 g/mol. The Labute approximate surface area is 149 Å². The number of nitrogens with zero attached hydrogens (tertiary/aromatic N) is 4. The lowest BCUT2D eigenvalue weighted by molar-refractivity contribution is 0.223. The number of benzene rings is 1. The fourth-order valence-electron chi connectivity index (χ4n) is 3.23. The standard InChI is InChI=1S/C17H27N5O2S/c1-17(2,3)14-8-6-7-13-15(14)21(5)18-16(13)19-25(23,24)22-11-9-20(4)10-12-22/h6-8H,9-12H2,1-5H3,(H,18,19). The van der Waals surface area contributed by atoms with Crippen molar-refractivity contribution in [1.82, 2.24) is 19.0 Å². The van der Waals surface area contributed by atoms with E-state index in [-0.39, 0.29) is 5.41 Å². The van der Waals surface area contributed by atoms with Crippen LogP contribution < -0.4 is 4.72 Å². The minimum Gasteiger partial charge on any atom is -0.304 e. The molecule has 0 bridgehead atoms. The Morgan fingerprint density at radius 1 is 1.08 bits per heavy atom. The predicted molar refractivity (Wildman–Crippen MR) is 101 cm³/mol. The van der Waals surface area contributed by atoms with Gasteiger partial charge in [0.1, 0.15) is 0 Å². The second-order valence-electron chi connectivity index (χ2n) is 7.73. The summed E-state index contributed by atoms with van der Waals surface area (Å²) < 4.78 is 31.4. The molecule has 138 valence electrons. The molecule has 1 aromatic carbocycles. The van der Waals surface area contributed by atoms with Gasteiger partial charge in [0.15, 0.2) is 5.82 Å². The van der Waals surface area contributed by atoms with Crippen LogP contribution in [0.2, 0.25) is 0 Å². The van der Waals surface area contributed by atoms with Crippen molar-refractivity contribution >= 4 is 26.9 Å². The quantitative estimate of drug-likeness (QED) is 0.900. The molecule has 0 amide bonds. The molecule has 2 heterocycles. The highest BCUT2D eigenvalue weighted by Crippen LogP contribution is 2.33. The van der Waals surface area contributed by atoms with E-state index in [2.05, 4.69) is 41.6 Å². The zero-order chi connectivity index (χ0) is 18.4. The third kappa shape index (κ3) is 3.51. The zero-order valence-corrected chi connectivity index (χ0v) is 16.4. The summed E-state index contributed by atoms with van der Waals surface area (Å²) in [5.74, 6) is 0.391. The van der Waals surface area contributed by atoms with Gasteiger partial charge in [0.25, 0.3) is 0 Å². The number of hydrogen-bond donors (Lipinski definition) is 1. The number of likely N-dealkylation sites (N-methyl/N-ethyl adjacent to an activating group) is 1. The molecule has 0 unspecified atom stereocenters. The van der Waals surface area contributed by atoms with Gasteiger partial charge in [0, 0.05) is 38.6 Å². The van der Waals surface area contributed by atoms with Crippen LogP contribution in [0.1, 0.15) is 26.3 Å². The molecular weight excluding hydrogens is 338 g/mol. The maximum atomic E-state index is 12.7. The summed E-state index contributed by atoms with van der Waals surface area (Å²) in [5.41, 5.74) is 2.05. The molecule has 2 aromatic rings. The number of aryl methyl sites for hydroxylation is 1. The van der Waals surface area contributed by atoms with Crippen molar-refractivity contribution in [2.45, 2.75) is 26.2 Å². The second kappa shape index (κ2) is 6.26. The van der Waals surface area contributed by atoms with Gasteiger partial charge in [-0.3, -0.25) is 9.40 Å². The molecule has 1 N–H and O–H groups in total. The van der Waals surface area contributed by atoms with Gasteiger partial charge in [-0.1, -0.05) is 32.9 Å². The Bertz CT molecular complexity index is 874. The summed E-state index contributed by atoms with van der Waals surface area (Å²) in [7, 11) is 0.245. The number of para-hydroxylation sites is 1. The summed E-state index contributed by atoms with van der Waals surface area (Å²) in [5, 5.41) is 5.27. The Balaban J connectivity index is 1.97. The van der Waals surface area contributed by atoms with Crippen LogP contribution in [0.4, 0.5) is 5.82 Å². The zero-order valence-electron chi connectivity index (χ0n) is 15.6. The number of piperazine rings is 1. The molecule has 1 aliphatic rings. The maximum Gasteiger partial charge on any atom is 0.302 e. The van der Waals surface area contributed by atoms with Gasteiger partial charge < -0.3 is 4.90 Å². The molecule has 7 nitrogen and oxygen atoms in total. The third-order valence-electron chi connectivity index (χ3n) is 4.70. The van der Waals surface area contributed by atoms with Crippen LogP contribution in [0.3, 0.4) is 0 Å². The first kappa shape index (κ1) is 18.2. The Kier molecular flexibility index (Phi) is 4.55. The molecule has 0 radical (unpaired) electrons. The van der Waals surface area contributed by atoms with Crippen molar-refractivity contribution in [1.29, 1.82) is 0 Å². The average Bonchev–Trinajstić information content (AvgIpc) is 2.82. The summed E-state index contributed by atoms with van der Waals surface area (Å²) >= 11 is 0. The lowest BCUT2D eigenvalue weighted by Crippen LogP contribution is -2.48. The second-order valence-corrected chi connectivity index (χ2v) is 9.40. The molecule has 1 fully saturated rings. The third-order valence-corrected chi connectivity index (χ3v) is 6.20. The fourth-order valence-corrected chi connectivity index (χ4v) is 4.40. The van der Waals surface area contributed by atoms with Gasteiger partial charge in [-0.15, -0.1) is 0 Å². The topological polar surface area (TPSA) is 70.5 Å². The lowest BCUT2D eigenvalue weighted by atomic mass is 9.86. The predicted octanol–water partition coefficient (Wildman–Crippen LogP) is 1.77. The summed E-state index contributed by atoms with van der Waals surface area (Å²) in [6.07, 6.45) is 0. The number of rotatable bonds is 3. The molecule has 1 aliphatic heterocycles. The van der Waals surface area contributed by atoms with E-state index in [0.29, 0.717) is 18.9 Å². The van der Waals surface area contributed by atoms with Crippen molar-refractivity contribution in [3.05, 3.63) is 23.8 Å². The van der Waals surface area contributed by atoms with E-state index in [9.17, 15) is 8.42 Å². The minimum atomic E-state index is -3.61. The highest BCUT2D eigenvalue weighted by atomic mass is 32.2. The Morgan fingerprint density at radius 2 is 1.72 bits per heavy atom. The van der Waals surface area contributed by atoms with E-state index in [1.807, 2.05) is 26.2 Å². The van der Waals surface area contributed by atoms with Crippen molar-refractivity contribution < 1.29 is 8.42 Å². The number of hydrogen-bond acceptors (Lipinski definition) is 4. The summed E-state index contributed by atoms with van der Waals surface area (Å²) in [4.78, 5) is 2.12. The van der Waals surface area contributed by atoms with Crippen LogP contribution >= 0.6 is 0 Å². The normalized spacial score (nSPS) is 18.0. The highest BCUT2D eigenvalue weighted by molar-refractivity contribution is 7.90. The van der Waals surface area contributed by atoms with E-state index in [1.165, 1.54) is 4.31 Å². The maximum absolute atomic E-state index is 12.7. The molecule has 0 spiro atoms. The molecule has 8 heteroatoms. The van der Waals surface area contributed by atoms with Crippen molar-refractivity contribution in [2.75, 3.05) is 37.9 Å². The molecule has 3 rings (SSSR count). The van der Waals surface area contributed by atoms with Crippen molar-refractivity contribution in [3.63, 3.8) is 0 Å². The summed E-state index contributed by atoms with van der Waals surface area (Å²) in [6, 6.07) is 5.94. The van der Waals surface area contributed by atoms with Crippen molar-refractivity contribution in [2.24, 2.45) is 7.05 Å².